The van der Waals surface area contributed by atoms with Gasteiger partial charge in [0.05, 0.1) is 12.0 Å². The molecule has 98 valence electrons. The van der Waals surface area contributed by atoms with E-state index in [4.69, 9.17) is 5.26 Å². The molecule has 0 saturated carbocycles. The summed E-state index contributed by atoms with van der Waals surface area (Å²) in [6.45, 7) is 10.1. The van der Waals surface area contributed by atoms with E-state index in [-0.39, 0.29) is 11.3 Å². The fraction of sp³-hybridized carbons (Fsp3) is 0.600. The monoisotopic (exact) mass is 245 g/mol. The van der Waals surface area contributed by atoms with Gasteiger partial charge in [-0.05, 0) is 17.5 Å². The molecule has 0 aromatic carbocycles. The Kier molecular flexibility index (Phi) is 5.30. The Morgan fingerprint density at radius 3 is 2.67 bits per heavy atom. The fourth-order valence-electron chi connectivity index (χ4n) is 1.84. The molecule has 1 atom stereocenters. The number of pyridine rings is 1. The Balaban J connectivity index is 2.51. The maximum atomic E-state index is 9.04. The lowest BCUT2D eigenvalue weighted by molar-refractivity contribution is 0.402. The predicted molar refractivity (Wildman–Crippen MR) is 74.1 cm³/mol. The Hall–Kier alpha value is -1.40. The van der Waals surface area contributed by atoms with Crippen molar-refractivity contribution in [3.63, 3.8) is 0 Å². The molecule has 0 aliphatic carbocycles. The van der Waals surface area contributed by atoms with Crippen molar-refractivity contribution < 1.29 is 0 Å². The van der Waals surface area contributed by atoms with Crippen molar-refractivity contribution >= 4 is 0 Å². The lowest BCUT2D eigenvalue weighted by Crippen LogP contribution is -2.36. The van der Waals surface area contributed by atoms with Crippen LogP contribution in [0.5, 0.6) is 0 Å². The minimum atomic E-state index is 0.0330. The second-order valence-corrected chi connectivity index (χ2v) is 5.74. The van der Waals surface area contributed by atoms with E-state index >= 15 is 0 Å². The van der Waals surface area contributed by atoms with Crippen LogP contribution in [0.2, 0.25) is 0 Å². The second kappa shape index (κ2) is 6.51. The number of rotatable bonds is 6. The zero-order chi connectivity index (χ0) is 13.6. The molecule has 1 heterocycles. The summed E-state index contributed by atoms with van der Waals surface area (Å²) >= 11 is 0. The standard InChI is InChI=1S/C15H23N3/c1-12(2)13(8-16)9-18-11-15(3,4)14-6-5-7-17-10-14/h5-7,10,12-13,18H,9,11H2,1-4H3. The summed E-state index contributed by atoms with van der Waals surface area (Å²) in [5.41, 5.74) is 1.25. The number of nitrogens with zero attached hydrogens (tertiary/aromatic N) is 2. The molecule has 3 heteroatoms. The molecule has 0 aliphatic heterocycles. The largest absolute Gasteiger partial charge is 0.315 e. The quantitative estimate of drug-likeness (QED) is 0.838. The van der Waals surface area contributed by atoms with Gasteiger partial charge < -0.3 is 5.32 Å². The third-order valence-corrected chi connectivity index (χ3v) is 3.34. The summed E-state index contributed by atoms with van der Waals surface area (Å²) in [4.78, 5) is 4.16. The van der Waals surface area contributed by atoms with Gasteiger partial charge in [-0.1, -0.05) is 33.8 Å². The first-order valence-electron chi connectivity index (χ1n) is 6.48. The van der Waals surface area contributed by atoms with Gasteiger partial charge in [0.25, 0.3) is 0 Å². The van der Waals surface area contributed by atoms with E-state index in [1.54, 1.807) is 6.20 Å². The maximum Gasteiger partial charge on any atom is 0.0671 e. The summed E-state index contributed by atoms with van der Waals surface area (Å²) in [5, 5.41) is 12.4. The molecule has 0 spiro atoms. The van der Waals surface area contributed by atoms with Gasteiger partial charge in [-0.3, -0.25) is 4.98 Å². The number of aromatic nitrogens is 1. The van der Waals surface area contributed by atoms with E-state index in [1.807, 2.05) is 12.3 Å². The van der Waals surface area contributed by atoms with Crippen molar-refractivity contribution in [2.75, 3.05) is 13.1 Å². The predicted octanol–water partition coefficient (Wildman–Crippen LogP) is 2.74. The van der Waals surface area contributed by atoms with Crippen LogP contribution in [0.25, 0.3) is 0 Å². The third-order valence-electron chi connectivity index (χ3n) is 3.34. The van der Waals surface area contributed by atoms with Crippen LogP contribution >= 0.6 is 0 Å². The molecule has 0 radical (unpaired) electrons. The molecule has 18 heavy (non-hydrogen) atoms. The van der Waals surface area contributed by atoms with Crippen molar-refractivity contribution in [3.8, 4) is 6.07 Å². The number of hydrogen-bond acceptors (Lipinski definition) is 3. The normalized spacial score (nSPS) is 13.3. The average Bonchev–Trinajstić information content (AvgIpc) is 2.35. The summed E-state index contributed by atoms with van der Waals surface area (Å²) in [5.74, 6) is 0.471. The summed E-state index contributed by atoms with van der Waals surface area (Å²) in [6.07, 6.45) is 3.70. The molecule has 0 aliphatic rings. The SMILES string of the molecule is CC(C)C(C#N)CNCC(C)(C)c1cccnc1. The maximum absolute atomic E-state index is 9.04. The molecule has 1 rings (SSSR count). The molecule has 3 nitrogen and oxygen atoms in total. The molecule has 0 amide bonds. The average molecular weight is 245 g/mol. The van der Waals surface area contributed by atoms with Crippen LogP contribution in [-0.2, 0) is 5.41 Å². The van der Waals surface area contributed by atoms with Gasteiger partial charge in [-0.25, -0.2) is 0 Å². The number of nitrogens with one attached hydrogen (secondary N) is 1. The minimum absolute atomic E-state index is 0.0330. The third kappa shape index (κ3) is 4.12. The van der Waals surface area contributed by atoms with E-state index < -0.39 is 0 Å². The van der Waals surface area contributed by atoms with Crippen LogP contribution in [0, 0.1) is 23.2 Å². The molecule has 1 aromatic heterocycles. The molecule has 1 N–H and O–H groups in total. The van der Waals surface area contributed by atoms with Gasteiger partial charge in [0.1, 0.15) is 0 Å². The smallest absolute Gasteiger partial charge is 0.0671 e. The van der Waals surface area contributed by atoms with Crippen LogP contribution in [0.15, 0.2) is 24.5 Å². The zero-order valence-corrected chi connectivity index (χ0v) is 11.8. The highest BCUT2D eigenvalue weighted by atomic mass is 14.9. The number of hydrogen-bond donors (Lipinski definition) is 1. The summed E-state index contributed by atoms with van der Waals surface area (Å²) in [7, 11) is 0. The highest BCUT2D eigenvalue weighted by Gasteiger charge is 2.21. The lowest BCUT2D eigenvalue weighted by Gasteiger charge is -2.26. The van der Waals surface area contributed by atoms with Crippen LogP contribution in [0.4, 0.5) is 0 Å². The molecule has 0 saturated heterocycles. The van der Waals surface area contributed by atoms with Crippen LogP contribution in [0.3, 0.4) is 0 Å². The Bertz CT molecular complexity index is 390. The van der Waals surface area contributed by atoms with Gasteiger partial charge in [-0.2, -0.15) is 5.26 Å². The van der Waals surface area contributed by atoms with Crippen molar-refractivity contribution in [2.24, 2.45) is 11.8 Å². The highest BCUT2D eigenvalue weighted by molar-refractivity contribution is 5.19. The van der Waals surface area contributed by atoms with E-state index in [0.717, 1.165) is 13.1 Å². The molecule has 0 fully saturated rings. The van der Waals surface area contributed by atoms with E-state index in [0.29, 0.717) is 5.92 Å². The molecular weight excluding hydrogens is 222 g/mol. The topological polar surface area (TPSA) is 48.7 Å². The first-order valence-corrected chi connectivity index (χ1v) is 6.48. The van der Waals surface area contributed by atoms with Gasteiger partial charge in [-0.15, -0.1) is 0 Å². The van der Waals surface area contributed by atoms with Crippen molar-refractivity contribution in [1.29, 1.82) is 5.26 Å². The van der Waals surface area contributed by atoms with Crippen LogP contribution in [0.1, 0.15) is 33.3 Å². The first kappa shape index (κ1) is 14.7. The van der Waals surface area contributed by atoms with Gasteiger partial charge >= 0.3 is 0 Å². The molecule has 1 aromatic rings. The van der Waals surface area contributed by atoms with E-state index in [9.17, 15) is 0 Å². The van der Waals surface area contributed by atoms with Gasteiger partial charge in [0, 0.05) is 30.9 Å². The van der Waals surface area contributed by atoms with E-state index in [2.05, 4.69) is 50.1 Å². The summed E-state index contributed by atoms with van der Waals surface area (Å²) in [6, 6.07) is 6.41. The molecule has 1 unspecified atom stereocenters. The Morgan fingerprint density at radius 2 is 2.17 bits per heavy atom. The van der Waals surface area contributed by atoms with Gasteiger partial charge in [0.15, 0.2) is 0 Å². The second-order valence-electron chi connectivity index (χ2n) is 5.74. The zero-order valence-electron chi connectivity index (χ0n) is 11.8. The summed E-state index contributed by atoms with van der Waals surface area (Å²) < 4.78 is 0. The van der Waals surface area contributed by atoms with Crippen molar-refractivity contribution in [2.45, 2.75) is 33.1 Å². The highest BCUT2D eigenvalue weighted by Crippen LogP contribution is 2.21. The van der Waals surface area contributed by atoms with Gasteiger partial charge in [0.2, 0.25) is 0 Å². The van der Waals surface area contributed by atoms with Crippen molar-refractivity contribution in [3.05, 3.63) is 30.1 Å². The molecule has 0 bridgehead atoms. The Morgan fingerprint density at radius 1 is 1.44 bits per heavy atom. The Labute approximate surface area is 110 Å². The lowest BCUT2D eigenvalue weighted by atomic mass is 9.85. The van der Waals surface area contributed by atoms with Crippen LogP contribution < -0.4 is 5.32 Å². The first-order chi connectivity index (χ1) is 8.47. The minimum Gasteiger partial charge on any atom is -0.315 e. The molecular formula is C15H23N3. The van der Waals surface area contributed by atoms with E-state index in [1.165, 1.54) is 5.56 Å². The fourth-order valence-corrected chi connectivity index (χ4v) is 1.84. The van der Waals surface area contributed by atoms with Crippen LogP contribution in [-0.4, -0.2) is 18.1 Å². The van der Waals surface area contributed by atoms with Crippen molar-refractivity contribution in [1.82, 2.24) is 10.3 Å². The number of nitriles is 1.